The van der Waals surface area contributed by atoms with Crippen LogP contribution in [-0.4, -0.2) is 55.9 Å². The van der Waals surface area contributed by atoms with Crippen LogP contribution in [0.15, 0.2) is 11.6 Å². The van der Waals surface area contributed by atoms with Gasteiger partial charge in [-0.25, -0.2) is 4.79 Å². The van der Waals surface area contributed by atoms with E-state index in [1.165, 1.54) is 5.57 Å². The first-order valence-corrected chi connectivity index (χ1v) is 10.1. The van der Waals surface area contributed by atoms with Crippen molar-refractivity contribution in [1.29, 1.82) is 0 Å². The van der Waals surface area contributed by atoms with Crippen molar-refractivity contribution in [3.05, 3.63) is 11.6 Å². The summed E-state index contributed by atoms with van der Waals surface area (Å²) >= 11 is 0. The second-order valence-corrected chi connectivity index (χ2v) is 9.10. The van der Waals surface area contributed by atoms with Crippen molar-refractivity contribution in [2.24, 2.45) is 11.8 Å². The lowest BCUT2D eigenvalue weighted by Gasteiger charge is -2.42. The number of epoxide rings is 2. The summed E-state index contributed by atoms with van der Waals surface area (Å²) in [5.74, 6) is 0.440. The maximum absolute atomic E-state index is 12.2. The number of carbonyl (C=O) groups is 1. The Kier molecular flexibility index (Phi) is 5.90. The summed E-state index contributed by atoms with van der Waals surface area (Å²) in [5, 5.41) is 2.83. The molecular weight excluding hydrogens is 346 g/mol. The monoisotopic (exact) mass is 381 g/mol. The molecule has 2 heterocycles. The molecule has 1 amide bonds. The highest BCUT2D eigenvalue weighted by Crippen LogP contribution is 2.59. The number of carbonyl (C=O) groups excluding carboxylic acids is 1. The first-order valence-electron chi connectivity index (χ1n) is 10.1. The van der Waals surface area contributed by atoms with Crippen LogP contribution in [0, 0.1) is 11.8 Å². The number of nitrogens with one attached hydrogen (secondary N) is 1. The SMILES string of the molecule is CO[C@H]1C([C@@]2(C)O[C@@H]2CC=C(C)C)[C@]2(CC[C@H]1OC(=O)NCC(C)C)CO2. The first-order chi connectivity index (χ1) is 12.7. The van der Waals surface area contributed by atoms with Crippen molar-refractivity contribution in [1.82, 2.24) is 5.32 Å². The van der Waals surface area contributed by atoms with Crippen molar-refractivity contribution >= 4 is 6.09 Å². The lowest BCUT2D eigenvalue weighted by molar-refractivity contribution is -0.118. The molecule has 154 valence electrons. The zero-order chi connectivity index (χ0) is 19.8. The molecule has 0 aromatic heterocycles. The predicted molar refractivity (Wildman–Crippen MR) is 103 cm³/mol. The lowest BCUT2D eigenvalue weighted by Crippen LogP contribution is -2.56. The molecule has 27 heavy (non-hydrogen) atoms. The number of ether oxygens (including phenoxy) is 4. The Morgan fingerprint density at radius 3 is 2.63 bits per heavy atom. The topological polar surface area (TPSA) is 72.6 Å². The fraction of sp³-hybridized carbons (Fsp3) is 0.857. The molecule has 1 spiro atoms. The summed E-state index contributed by atoms with van der Waals surface area (Å²) in [6, 6.07) is 0. The van der Waals surface area contributed by atoms with Gasteiger partial charge in [-0.15, -0.1) is 0 Å². The highest BCUT2D eigenvalue weighted by Gasteiger charge is 2.72. The van der Waals surface area contributed by atoms with Gasteiger partial charge in [-0.2, -0.15) is 0 Å². The van der Waals surface area contributed by atoms with E-state index in [0.717, 1.165) is 25.9 Å². The number of amides is 1. The zero-order valence-corrected chi connectivity index (χ0v) is 17.5. The largest absolute Gasteiger partial charge is 0.443 e. The smallest absolute Gasteiger partial charge is 0.407 e. The maximum atomic E-state index is 12.2. The fourth-order valence-electron chi connectivity index (χ4n) is 4.54. The third kappa shape index (κ3) is 4.33. The minimum Gasteiger partial charge on any atom is -0.443 e. The normalized spacial score (nSPS) is 40.0. The molecule has 6 nitrogen and oxygen atoms in total. The van der Waals surface area contributed by atoms with E-state index in [4.69, 9.17) is 18.9 Å². The molecule has 1 unspecified atom stereocenters. The van der Waals surface area contributed by atoms with Gasteiger partial charge in [-0.05, 0) is 46.0 Å². The van der Waals surface area contributed by atoms with Gasteiger partial charge in [0.15, 0.2) is 0 Å². The summed E-state index contributed by atoms with van der Waals surface area (Å²) in [7, 11) is 1.69. The number of alkyl carbamates (subject to hydrolysis) is 1. The van der Waals surface area contributed by atoms with Crippen LogP contribution in [0.2, 0.25) is 0 Å². The van der Waals surface area contributed by atoms with Crippen LogP contribution in [0.3, 0.4) is 0 Å². The van der Waals surface area contributed by atoms with Gasteiger partial charge in [0.1, 0.15) is 23.4 Å². The molecule has 3 fully saturated rings. The standard InChI is InChI=1S/C21H35NO5/c1-13(2)7-8-16-20(5,27-16)18-17(24-6)15(9-10-21(18)12-25-21)26-19(23)22-11-14(3)4/h7,14-18H,8-12H2,1-6H3,(H,22,23)/t15-,16-,17-,18?,20+,21+/m1/s1. The van der Waals surface area contributed by atoms with Crippen LogP contribution in [0.25, 0.3) is 0 Å². The summed E-state index contributed by atoms with van der Waals surface area (Å²) in [6.07, 6.45) is 4.00. The van der Waals surface area contributed by atoms with E-state index in [2.05, 4.69) is 46.0 Å². The first kappa shape index (κ1) is 20.6. The van der Waals surface area contributed by atoms with E-state index in [-0.39, 0.29) is 41.5 Å². The molecule has 0 radical (unpaired) electrons. The predicted octanol–water partition coefficient (Wildman–Crippen LogP) is 3.45. The van der Waals surface area contributed by atoms with Crippen LogP contribution in [0.1, 0.15) is 53.9 Å². The summed E-state index contributed by atoms with van der Waals surface area (Å²) in [6.45, 7) is 11.8. The highest BCUT2D eigenvalue weighted by atomic mass is 16.6. The van der Waals surface area contributed by atoms with Gasteiger partial charge in [0.25, 0.3) is 0 Å². The molecule has 0 aromatic carbocycles. The number of hydrogen-bond donors (Lipinski definition) is 1. The second kappa shape index (κ2) is 7.72. The number of hydrogen-bond acceptors (Lipinski definition) is 5. The van der Waals surface area contributed by atoms with Crippen LogP contribution in [0.5, 0.6) is 0 Å². The minimum absolute atomic E-state index is 0.0576. The van der Waals surface area contributed by atoms with Gasteiger partial charge < -0.3 is 24.3 Å². The zero-order valence-electron chi connectivity index (χ0n) is 17.5. The maximum Gasteiger partial charge on any atom is 0.407 e. The summed E-state index contributed by atoms with van der Waals surface area (Å²) in [4.78, 5) is 12.2. The van der Waals surface area contributed by atoms with E-state index in [1.54, 1.807) is 7.11 Å². The van der Waals surface area contributed by atoms with E-state index in [9.17, 15) is 4.79 Å². The summed E-state index contributed by atoms with van der Waals surface area (Å²) < 4.78 is 23.7. The van der Waals surface area contributed by atoms with Crippen LogP contribution in [0.4, 0.5) is 4.79 Å². The van der Waals surface area contributed by atoms with Crippen molar-refractivity contribution < 1.29 is 23.7 Å². The quantitative estimate of drug-likeness (QED) is 0.540. The Morgan fingerprint density at radius 2 is 2.07 bits per heavy atom. The molecule has 3 rings (SSSR count). The molecule has 1 aliphatic carbocycles. The number of methoxy groups -OCH3 is 1. The molecule has 1 N–H and O–H groups in total. The van der Waals surface area contributed by atoms with E-state index >= 15 is 0 Å². The molecule has 2 aliphatic heterocycles. The van der Waals surface area contributed by atoms with E-state index in [1.807, 2.05) is 0 Å². The van der Waals surface area contributed by atoms with E-state index in [0.29, 0.717) is 12.5 Å². The molecule has 6 atom stereocenters. The minimum atomic E-state index is -0.370. The third-order valence-electron chi connectivity index (χ3n) is 6.15. The van der Waals surface area contributed by atoms with Crippen LogP contribution >= 0.6 is 0 Å². The Morgan fingerprint density at radius 1 is 1.37 bits per heavy atom. The van der Waals surface area contributed by atoms with Gasteiger partial charge in [0.05, 0.1) is 18.6 Å². The molecular formula is C21H35NO5. The van der Waals surface area contributed by atoms with Crippen molar-refractivity contribution in [3.8, 4) is 0 Å². The van der Waals surface area contributed by atoms with Gasteiger partial charge in [-0.1, -0.05) is 25.5 Å². The Labute approximate surface area is 162 Å². The van der Waals surface area contributed by atoms with Crippen LogP contribution in [-0.2, 0) is 18.9 Å². The summed E-state index contributed by atoms with van der Waals surface area (Å²) in [5.41, 5.74) is 0.795. The van der Waals surface area contributed by atoms with E-state index < -0.39 is 0 Å². The Balaban J connectivity index is 1.70. The number of allylic oxidation sites excluding steroid dienone is 1. The molecule has 2 saturated heterocycles. The second-order valence-electron chi connectivity index (χ2n) is 9.10. The lowest BCUT2D eigenvalue weighted by atomic mass is 9.68. The third-order valence-corrected chi connectivity index (χ3v) is 6.15. The van der Waals surface area contributed by atoms with Gasteiger partial charge in [0.2, 0.25) is 0 Å². The van der Waals surface area contributed by atoms with Gasteiger partial charge in [-0.3, -0.25) is 0 Å². The molecule has 1 saturated carbocycles. The molecule has 6 heteroatoms. The van der Waals surface area contributed by atoms with Crippen molar-refractivity contribution in [3.63, 3.8) is 0 Å². The Bertz CT molecular complexity index is 581. The van der Waals surface area contributed by atoms with Crippen molar-refractivity contribution in [2.75, 3.05) is 20.3 Å². The number of rotatable bonds is 7. The molecule has 0 bridgehead atoms. The molecule has 3 aliphatic rings. The molecule has 0 aromatic rings. The van der Waals surface area contributed by atoms with Gasteiger partial charge >= 0.3 is 6.09 Å². The average molecular weight is 382 g/mol. The van der Waals surface area contributed by atoms with Crippen LogP contribution < -0.4 is 5.32 Å². The fourth-order valence-corrected chi connectivity index (χ4v) is 4.54. The van der Waals surface area contributed by atoms with Crippen molar-refractivity contribution in [2.45, 2.75) is 83.4 Å². The van der Waals surface area contributed by atoms with Gasteiger partial charge in [0, 0.05) is 13.7 Å². The Hall–Kier alpha value is -1.11. The highest BCUT2D eigenvalue weighted by molar-refractivity contribution is 5.67. The average Bonchev–Trinajstić information content (AvgIpc) is 3.50.